The number of carbonyl (C=O) groups is 2. The molecule has 0 aromatic heterocycles. The number of nitrogens with one attached hydrogen (secondary N) is 1. The molecule has 4 nitrogen and oxygen atoms in total. The van der Waals surface area contributed by atoms with Gasteiger partial charge in [0.1, 0.15) is 0 Å². The molecule has 4 saturated carbocycles. The van der Waals surface area contributed by atoms with E-state index in [2.05, 4.69) is 32.2 Å². The van der Waals surface area contributed by atoms with Crippen LogP contribution >= 0.6 is 0 Å². The minimum atomic E-state index is -0.242. The second-order valence-electron chi connectivity index (χ2n) is 11.3. The second-order valence-corrected chi connectivity index (χ2v) is 11.3. The molecule has 4 aliphatic carbocycles. The van der Waals surface area contributed by atoms with E-state index in [0.29, 0.717) is 24.3 Å². The molecule has 1 N–H and O–H groups in total. The van der Waals surface area contributed by atoms with E-state index in [1.165, 1.54) is 44.1 Å². The van der Waals surface area contributed by atoms with Crippen molar-refractivity contribution in [3.63, 3.8) is 0 Å². The van der Waals surface area contributed by atoms with Crippen molar-refractivity contribution in [1.29, 1.82) is 0 Å². The minimum absolute atomic E-state index is 0.0818. The highest BCUT2D eigenvalue weighted by molar-refractivity contribution is 6.01. The van der Waals surface area contributed by atoms with Crippen molar-refractivity contribution in [2.75, 3.05) is 11.4 Å². The van der Waals surface area contributed by atoms with Gasteiger partial charge < -0.3 is 10.2 Å². The summed E-state index contributed by atoms with van der Waals surface area (Å²) < 4.78 is 0. The Kier molecular flexibility index (Phi) is 5.38. The summed E-state index contributed by atoms with van der Waals surface area (Å²) >= 11 is 0. The van der Waals surface area contributed by atoms with Crippen molar-refractivity contribution in [3.05, 3.63) is 29.8 Å². The molecule has 0 unspecified atom stereocenters. The Hall–Kier alpha value is -1.84. The molecule has 1 aromatic rings. The van der Waals surface area contributed by atoms with Crippen molar-refractivity contribution in [3.8, 4) is 0 Å². The zero-order valence-corrected chi connectivity index (χ0v) is 19.4. The van der Waals surface area contributed by atoms with E-state index in [0.717, 1.165) is 29.9 Å². The van der Waals surface area contributed by atoms with E-state index < -0.39 is 0 Å². The summed E-state index contributed by atoms with van der Waals surface area (Å²) in [5, 5.41) is 3.40. The summed E-state index contributed by atoms with van der Waals surface area (Å²) in [6.07, 6.45) is 9.49. The lowest BCUT2D eigenvalue weighted by molar-refractivity contribution is -0.130. The maximum Gasteiger partial charge on any atom is 0.227 e. The highest BCUT2D eigenvalue weighted by Crippen LogP contribution is 2.61. The van der Waals surface area contributed by atoms with Gasteiger partial charge in [0.15, 0.2) is 0 Å². The molecule has 2 amide bonds. The van der Waals surface area contributed by atoms with E-state index in [1.807, 2.05) is 23.1 Å². The van der Waals surface area contributed by atoms with Crippen LogP contribution in [0.4, 0.5) is 5.69 Å². The third-order valence-corrected chi connectivity index (χ3v) is 9.23. The summed E-state index contributed by atoms with van der Waals surface area (Å²) in [5.41, 5.74) is 2.50. The first-order chi connectivity index (χ1) is 14.9. The van der Waals surface area contributed by atoms with Crippen LogP contribution in [0.3, 0.4) is 0 Å². The van der Waals surface area contributed by atoms with Crippen molar-refractivity contribution in [2.45, 2.75) is 84.1 Å². The Morgan fingerprint density at radius 1 is 1.10 bits per heavy atom. The predicted octanol–water partition coefficient (Wildman–Crippen LogP) is 5.27. The molecular formula is C27H38N2O2. The van der Waals surface area contributed by atoms with Crippen molar-refractivity contribution in [2.24, 2.45) is 29.1 Å². The van der Waals surface area contributed by atoms with Crippen molar-refractivity contribution in [1.82, 2.24) is 5.32 Å². The number of hydrogen-bond donors (Lipinski definition) is 1. The van der Waals surface area contributed by atoms with Gasteiger partial charge in [-0.15, -0.1) is 0 Å². The molecule has 0 radical (unpaired) electrons. The zero-order valence-electron chi connectivity index (χ0n) is 19.4. The third kappa shape index (κ3) is 3.70. The lowest BCUT2D eigenvalue weighted by atomic mass is 9.48. The molecule has 4 bridgehead atoms. The number of para-hydroxylation sites is 1. The Morgan fingerprint density at radius 3 is 2.32 bits per heavy atom. The van der Waals surface area contributed by atoms with Crippen LogP contribution in [0.15, 0.2) is 24.3 Å². The Bertz CT molecular complexity index is 827. The SMILES string of the molecule is CC[C@H](C)c1ccccc1N1C[C@@H](C(=O)N[C@@H](C)C23CC4CC(CC(C4)C2)C3)CC1=O. The molecule has 168 valence electrons. The molecule has 1 heterocycles. The molecule has 5 fully saturated rings. The van der Waals surface area contributed by atoms with Gasteiger partial charge in [-0.25, -0.2) is 0 Å². The summed E-state index contributed by atoms with van der Waals surface area (Å²) in [6, 6.07) is 8.42. The normalized spacial score (nSPS) is 36.0. The maximum atomic E-state index is 13.3. The Labute approximate surface area is 187 Å². The van der Waals surface area contributed by atoms with Crippen LogP contribution in [0.5, 0.6) is 0 Å². The smallest absolute Gasteiger partial charge is 0.227 e. The molecule has 4 heteroatoms. The highest BCUT2D eigenvalue weighted by Gasteiger charge is 2.53. The van der Waals surface area contributed by atoms with Crippen LogP contribution in [0.1, 0.15) is 83.6 Å². The fraction of sp³-hybridized carbons (Fsp3) is 0.704. The van der Waals surface area contributed by atoms with Crippen molar-refractivity contribution < 1.29 is 9.59 Å². The standard InChI is InChI=1S/C27H38N2O2/c1-4-17(2)23-7-5-6-8-24(23)29-16-22(12-25(29)30)26(31)28-18(3)27-13-19-9-20(14-27)11-21(10-19)15-27/h5-8,17-22H,4,9-16H2,1-3H3,(H,28,31)/t17-,18-,19?,20?,21?,22-,27?/m0/s1. The van der Waals surface area contributed by atoms with E-state index in [-0.39, 0.29) is 23.8 Å². The minimum Gasteiger partial charge on any atom is -0.353 e. The third-order valence-electron chi connectivity index (χ3n) is 9.23. The van der Waals surface area contributed by atoms with E-state index in [9.17, 15) is 9.59 Å². The average Bonchev–Trinajstić information content (AvgIpc) is 3.14. The van der Waals surface area contributed by atoms with Crippen LogP contribution in [0, 0.1) is 29.1 Å². The summed E-state index contributed by atoms with van der Waals surface area (Å²) in [7, 11) is 0. The van der Waals surface area contributed by atoms with Gasteiger partial charge >= 0.3 is 0 Å². The lowest BCUT2D eigenvalue weighted by Crippen LogP contribution is -2.56. The summed E-state index contributed by atoms with van der Waals surface area (Å²) in [5.74, 6) is 2.96. The second kappa shape index (κ2) is 7.94. The molecular weight excluding hydrogens is 384 g/mol. The van der Waals surface area contributed by atoms with Crippen LogP contribution in [0.2, 0.25) is 0 Å². The van der Waals surface area contributed by atoms with E-state index in [4.69, 9.17) is 0 Å². The first-order valence-electron chi connectivity index (χ1n) is 12.6. The number of carbonyl (C=O) groups excluding carboxylic acids is 2. The molecule has 1 aliphatic heterocycles. The van der Waals surface area contributed by atoms with Gasteiger partial charge in [0.05, 0.1) is 5.92 Å². The Balaban J connectivity index is 1.27. The fourth-order valence-corrected chi connectivity index (χ4v) is 7.68. The fourth-order valence-electron chi connectivity index (χ4n) is 7.68. The highest BCUT2D eigenvalue weighted by atomic mass is 16.2. The van der Waals surface area contributed by atoms with Crippen LogP contribution in [0.25, 0.3) is 0 Å². The van der Waals surface area contributed by atoms with Gasteiger partial charge in [-0.1, -0.05) is 32.0 Å². The number of anilines is 1. The lowest BCUT2D eigenvalue weighted by Gasteiger charge is -2.59. The molecule has 0 spiro atoms. The number of hydrogen-bond acceptors (Lipinski definition) is 2. The summed E-state index contributed by atoms with van der Waals surface area (Å²) in [4.78, 5) is 28.0. The molecule has 1 saturated heterocycles. The van der Waals surface area contributed by atoms with Gasteiger partial charge in [0, 0.05) is 24.7 Å². The number of rotatable bonds is 6. The van der Waals surface area contributed by atoms with Crippen LogP contribution in [-0.2, 0) is 9.59 Å². The topological polar surface area (TPSA) is 49.4 Å². The largest absolute Gasteiger partial charge is 0.353 e. The van der Waals surface area contributed by atoms with Crippen LogP contribution < -0.4 is 10.2 Å². The molecule has 3 atom stereocenters. The van der Waals surface area contributed by atoms with Gasteiger partial charge in [0.2, 0.25) is 11.8 Å². The van der Waals surface area contributed by atoms with E-state index in [1.54, 1.807) is 0 Å². The zero-order chi connectivity index (χ0) is 21.8. The maximum absolute atomic E-state index is 13.3. The quantitative estimate of drug-likeness (QED) is 0.678. The number of nitrogens with zero attached hydrogens (tertiary/aromatic N) is 1. The predicted molar refractivity (Wildman–Crippen MR) is 124 cm³/mol. The van der Waals surface area contributed by atoms with Crippen molar-refractivity contribution >= 4 is 17.5 Å². The first-order valence-corrected chi connectivity index (χ1v) is 12.6. The number of benzene rings is 1. The molecule has 1 aromatic carbocycles. The van der Waals surface area contributed by atoms with Gasteiger partial charge in [-0.05, 0) is 92.6 Å². The average molecular weight is 423 g/mol. The van der Waals surface area contributed by atoms with Gasteiger partial charge in [0.25, 0.3) is 0 Å². The Morgan fingerprint density at radius 2 is 1.71 bits per heavy atom. The number of amides is 2. The van der Waals surface area contributed by atoms with E-state index >= 15 is 0 Å². The van der Waals surface area contributed by atoms with Gasteiger partial charge in [-0.2, -0.15) is 0 Å². The van der Waals surface area contributed by atoms with Gasteiger partial charge in [-0.3, -0.25) is 9.59 Å². The molecule has 31 heavy (non-hydrogen) atoms. The molecule has 5 aliphatic rings. The van der Waals surface area contributed by atoms with Crippen LogP contribution in [-0.4, -0.2) is 24.4 Å². The molecule has 6 rings (SSSR count). The monoisotopic (exact) mass is 422 g/mol. The summed E-state index contributed by atoms with van der Waals surface area (Å²) in [6.45, 7) is 7.12. The first kappa shape index (κ1) is 21.0.